The maximum absolute atomic E-state index is 4.63. The number of benzene rings is 6. The molecular formula is C55H50N2. The van der Waals surface area contributed by atoms with Crippen LogP contribution in [0.25, 0.3) is 44.8 Å². The van der Waals surface area contributed by atoms with Crippen LogP contribution in [0.4, 0.5) is 11.4 Å². The number of aryl methyl sites for hydroxylation is 1. The number of hydrogen-bond donors (Lipinski definition) is 0. The highest BCUT2D eigenvalue weighted by atomic mass is 15.2. The van der Waals surface area contributed by atoms with Crippen LogP contribution in [0.15, 0.2) is 164 Å². The van der Waals surface area contributed by atoms with E-state index in [9.17, 15) is 0 Å². The third kappa shape index (κ3) is 5.30. The second-order valence-corrected chi connectivity index (χ2v) is 17.5. The fourth-order valence-corrected chi connectivity index (χ4v) is 10.5. The average molecular weight is 739 g/mol. The Bertz CT molecular complexity index is 2800. The van der Waals surface area contributed by atoms with Gasteiger partial charge in [-0.15, -0.1) is 0 Å². The summed E-state index contributed by atoms with van der Waals surface area (Å²) in [7, 11) is 0. The highest BCUT2D eigenvalue weighted by Gasteiger charge is 2.42. The normalized spacial score (nSPS) is 19.4. The van der Waals surface area contributed by atoms with Crippen molar-refractivity contribution >= 4 is 33.9 Å². The zero-order valence-electron chi connectivity index (χ0n) is 34.0. The second kappa shape index (κ2) is 13.0. The second-order valence-electron chi connectivity index (χ2n) is 17.5. The van der Waals surface area contributed by atoms with Gasteiger partial charge >= 0.3 is 0 Å². The Morgan fingerprint density at radius 1 is 0.649 bits per heavy atom. The van der Waals surface area contributed by atoms with Crippen molar-refractivity contribution in [3.8, 4) is 22.3 Å². The fraction of sp³-hybridized carbons (Fsp3) is 0.200. The monoisotopic (exact) mass is 738 g/mol. The van der Waals surface area contributed by atoms with Gasteiger partial charge in [0.1, 0.15) is 0 Å². The molecule has 6 aromatic carbocycles. The molecule has 0 saturated carbocycles. The van der Waals surface area contributed by atoms with E-state index < -0.39 is 0 Å². The lowest BCUT2D eigenvalue weighted by Gasteiger charge is -2.29. The van der Waals surface area contributed by atoms with E-state index in [2.05, 4.69) is 215 Å². The van der Waals surface area contributed by atoms with E-state index in [-0.39, 0.29) is 22.8 Å². The van der Waals surface area contributed by atoms with Crippen LogP contribution in [-0.4, -0.2) is 10.6 Å². The van der Waals surface area contributed by atoms with Gasteiger partial charge in [0.25, 0.3) is 0 Å². The molecule has 2 nitrogen and oxygen atoms in total. The lowest BCUT2D eigenvalue weighted by molar-refractivity contribution is 0.660. The van der Waals surface area contributed by atoms with Crippen LogP contribution >= 0.6 is 0 Å². The molecule has 7 aromatic rings. The summed E-state index contributed by atoms with van der Waals surface area (Å²) in [6, 6.07) is 51.7. The fourth-order valence-electron chi connectivity index (χ4n) is 10.5. The zero-order chi connectivity index (χ0) is 39.2. The molecule has 2 unspecified atom stereocenters. The molecule has 0 bridgehead atoms. The number of hydrogen-bond acceptors (Lipinski definition) is 1. The first kappa shape index (κ1) is 35.3. The molecule has 1 aromatic heterocycles. The Morgan fingerprint density at radius 2 is 1.28 bits per heavy atom. The van der Waals surface area contributed by atoms with Gasteiger partial charge in [-0.1, -0.05) is 163 Å². The first-order valence-electron chi connectivity index (χ1n) is 20.5. The van der Waals surface area contributed by atoms with Gasteiger partial charge in [-0.25, -0.2) is 0 Å². The molecule has 0 radical (unpaired) electrons. The molecule has 280 valence electrons. The Balaban J connectivity index is 1.07. The number of para-hydroxylation sites is 1. The number of fused-ring (bicyclic) bond motifs is 6. The van der Waals surface area contributed by atoms with Gasteiger partial charge in [-0.05, 0) is 110 Å². The summed E-state index contributed by atoms with van der Waals surface area (Å²) >= 11 is 0. The molecule has 0 fully saturated rings. The van der Waals surface area contributed by atoms with Crippen LogP contribution in [0.1, 0.15) is 79.6 Å². The van der Waals surface area contributed by atoms with Crippen LogP contribution < -0.4 is 4.90 Å². The van der Waals surface area contributed by atoms with E-state index >= 15 is 0 Å². The molecule has 2 heterocycles. The molecule has 2 aliphatic carbocycles. The van der Waals surface area contributed by atoms with Crippen LogP contribution in [0.3, 0.4) is 0 Å². The lowest BCUT2D eigenvalue weighted by atomic mass is 9.81. The highest BCUT2D eigenvalue weighted by molar-refractivity contribution is 5.95. The molecule has 2 atom stereocenters. The Kier molecular flexibility index (Phi) is 8.03. The summed E-state index contributed by atoms with van der Waals surface area (Å²) in [6.45, 7) is 19.5. The van der Waals surface area contributed by atoms with Crippen molar-refractivity contribution in [3.63, 3.8) is 0 Å². The van der Waals surface area contributed by atoms with E-state index in [0.29, 0.717) is 0 Å². The molecule has 1 aliphatic heterocycles. The van der Waals surface area contributed by atoms with Crippen LogP contribution in [0.2, 0.25) is 0 Å². The largest absolute Gasteiger partial charge is 0.337 e. The molecule has 0 amide bonds. The van der Waals surface area contributed by atoms with Crippen molar-refractivity contribution in [2.75, 3.05) is 4.90 Å². The van der Waals surface area contributed by atoms with E-state index in [4.69, 9.17) is 0 Å². The molecule has 10 rings (SSSR count). The SMILES string of the molecule is C=C1/C(=C\c2c(C)c3ccccc3n2C/C=C\C2C(C)c3cc4c(cc3N2c2ccc(-c3ccccc3)cc2)C(C)(C)c2ccccc2-4)C(C)(C)c2ccccc21. The minimum atomic E-state index is -0.131. The zero-order valence-corrected chi connectivity index (χ0v) is 34.0. The smallest absolute Gasteiger partial charge is 0.0589 e. The van der Waals surface area contributed by atoms with E-state index in [1.54, 1.807) is 0 Å². The minimum Gasteiger partial charge on any atom is -0.337 e. The summed E-state index contributed by atoms with van der Waals surface area (Å²) in [6.07, 6.45) is 7.33. The molecular weight excluding hydrogens is 689 g/mol. The topological polar surface area (TPSA) is 8.17 Å². The Hall–Kier alpha value is -6.12. The van der Waals surface area contributed by atoms with Gasteiger partial charge in [-0.3, -0.25) is 0 Å². The third-order valence-electron chi connectivity index (χ3n) is 13.6. The Labute approximate surface area is 338 Å². The van der Waals surface area contributed by atoms with Gasteiger partial charge in [-0.2, -0.15) is 0 Å². The van der Waals surface area contributed by atoms with Crippen molar-refractivity contribution in [2.24, 2.45) is 0 Å². The van der Waals surface area contributed by atoms with E-state index in [0.717, 1.165) is 12.1 Å². The summed E-state index contributed by atoms with van der Waals surface area (Å²) in [5, 5.41) is 1.30. The van der Waals surface area contributed by atoms with E-state index in [1.165, 1.54) is 89.2 Å². The summed E-state index contributed by atoms with van der Waals surface area (Å²) < 4.78 is 2.51. The van der Waals surface area contributed by atoms with Gasteiger partial charge in [0.05, 0.1) is 6.04 Å². The predicted octanol–water partition coefficient (Wildman–Crippen LogP) is 14.2. The van der Waals surface area contributed by atoms with Crippen molar-refractivity contribution in [1.82, 2.24) is 4.57 Å². The van der Waals surface area contributed by atoms with Crippen molar-refractivity contribution in [3.05, 3.63) is 203 Å². The minimum absolute atomic E-state index is 0.0697. The molecule has 3 aliphatic rings. The van der Waals surface area contributed by atoms with Crippen LogP contribution in [0, 0.1) is 6.92 Å². The maximum Gasteiger partial charge on any atom is 0.0589 e. The predicted molar refractivity (Wildman–Crippen MR) is 243 cm³/mol. The first-order chi connectivity index (χ1) is 27.6. The average Bonchev–Trinajstić information content (AvgIpc) is 3.82. The summed E-state index contributed by atoms with van der Waals surface area (Å²) in [5.74, 6) is 0.289. The number of nitrogens with zero attached hydrogens (tertiary/aromatic N) is 2. The first-order valence-corrected chi connectivity index (χ1v) is 20.5. The number of anilines is 2. The van der Waals surface area contributed by atoms with Gasteiger partial charge in [0, 0.05) is 51.3 Å². The summed E-state index contributed by atoms with van der Waals surface area (Å²) in [5.41, 5.74) is 20.7. The maximum atomic E-state index is 4.63. The number of allylic oxidation sites excluding steroid dienone is 3. The Morgan fingerprint density at radius 3 is 2.02 bits per heavy atom. The van der Waals surface area contributed by atoms with Gasteiger partial charge < -0.3 is 9.47 Å². The molecule has 0 spiro atoms. The molecule has 57 heavy (non-hydrogen) atoms. The standard InChI is InChI=1S/C55H50N2/c1-35-41-20-11-14-23-46(41)54(4,5)48(35)33-52-36(2)42-21-13-16-25-51(42)56(52)31-17-26-50-37(3)44-32-45-43-22-12-15-24-47(43)55(6,7)49(45)34-53(44)57(50)40-29-27-39(28-30-40)38-18-9-8-10-19-38/h8-30,32-34,37,50H,1,31H2,2-7H3/b26-17-,48-33+. The quantitative estimate of drug-likeness (QED) is 0.154. The number of rotatable bonds is 6. The van der Waals surface area contributed by atoms with Gasteiger partial charge in [0.15, 0.2) is 0 Å². The van der Waals surface area contributed by atoms with Crippen LogP contribution in [-0.2, 0) is 17.4 Å². The highest BCUT2D eigenvalue weighted by Crippen LogP contribution is 2.55. The van der Waals surface area contributed by atoms with Gasteiger partial charge in [0.2, 0.25) is 0 Å². The number of aromatic nitrogens is 1. The third-order valence-corrected chi connectivity index (χ3v) is 13.6. The molecule has 0 N–H and O–H groups in total. The lowest BCUT2D eigenvalue weighted by Crippen LogP contribution is -2.27. The van der Waals surface area contributed by atoms with E-state index in [1.807, 2.05) is 0 Å². The summed E-state index contributed by atoms with van der Waals surface area (Å²) in [4.78, 5) is 2.61. The van der Waals surface area contributed by atoms with Crippen molar-refractivity contribution < 1.29 is 0 Å². The van der Waals surface area contributed by atoms with Crippen molar-refractivity contribution in [1.29, 1.82) is 0 Å². The molecule has 0 saturated heterocycles. The van der Waals surface area contributed by atoms with Crippen molar-refractivity contribution in [2.45, 2.75) is 70.9 Å². The van der Waals surface area contributed by atoms with Crippen LogP contribution in [0.5, 0.6) is 0 Å². The molecule has 2 heteroatoms.